The molecule has 4 amide bonds. The van der Waals surface area contributed by atoms with Crippen LogP contribution in [-0.4, -0.2) is 30.4 Å². The minimum absolute atomic E-state index is 0.0114. The summed E-state index contributed by atoms with van der Waals surface area (Å²) in [6.07, 6.45) is 3.60. The van der Waals surface area contributed by atoms with Gasteiger partial charge in [0.05, 0.1) is 15.6 Å². The maximum absolute atomic E-state index is 13.1. The summed E-state index contributed by atoms with van der Waals surface area (Å²) in [4.78, 5) is 41.3. The molecule has 0 aromatic heterocycles. The van der Waals surface area contributed by atoms with Crippen molar-refractivity contribution in [2.24, 2.45) is 0 Å². The fourth-order valence-electron chi connectivity index (χ4n) is 2.66. The van der Waals surface area contributed by atoms with Crippen molar-refractivity contribution >= 4 is 52.7 Å². The second-order valence-electron chi connectivity index (χ2n) is 5.31. The molecule has 3 rings (SSSR count). The Morgan fingerprint density at radius 1 is 0.692 bits per heavy atom. The third-order valence-corrected chi connectivity index (χ3v) is 5.97. The van der Waals surface area contributed by atoms with E-state index in [1.807, 2.05) is 0 Å². The molecule has 0 N–H and O–H groups in total. The molecule has 0 saturated carbocycles. The number of para-hydroxylation sites is 2. The normalized spacial score (nSPS) is 14.8. The van der Waals surface area contributed by atoms with Gasteiger partial charge < -0.3 is 0 Å². The lowest BCUT2D eigenvalue weighted by molar-refractivity contribution is -0.121. The van der Waals surface area contributed by atoms with E-state index in [1.165, 1.54) is 23.5 Å². The van der Waals surface area contributed by atoms with Gasteiger partial charge in [-0.3, -0.25) is 9.59 Å². The van der Waals surface area contributed by atoms with Gasteiger partial charge >= 0.3 is 6.03 Å². The molecule has 1 fully saturated rings. The Balaban J connectivity index is 2.21. The number of carbonyl (C=O) groups is 3. The minimum atomic E-state index is -0.678. The molecule has 0 unspecified atom stereocenters. The number of benzene rings is 2. The Bertz CT molecular complexity index is 813. The van der Waals surface area contributed by atoms with E-state index in [0.717, 1.165) is 9.80 Å². The van der Waals surface area contributed by atoms with Gasteiger partial charge in [-0.25, -0.2) is 14.6 Å². The Labute approximate surface area is 160 Å². The van der Waals surface area contributed by atoms with Crippen LogP contribution in [0.5, 0.6) is 0 Å². The van der Waals surface area contributed by atoms with Crippen molar-refractivity contribution in [1.29, 1.82) is 0 Å². The summed E-state index contributed by atoms with van der Waals surface area (Å²) in [5, 5.41) is 0. The highest BCUT2D eigenvalue weighted by Crippen LogP contribution is 2.35. The molecule has 1 heterocycles. The molecular formula is C19H16N2O3S2. The molecule has 132 valence electrons. The smallest absolute Gasteiger partial charge is 0.268 e. The van der Waals surface area contributed by atoms with Gasteiger partial charge in [-0.2, -0.15) is 0 Å². The zero-order valence-electron chi connectivity index (χ0n) is 14.2. The Morgan fingerprint density at radius 3 is 1.42 bits per heavy atom. The predicted molar refractivity (Wildman–Crippen MR) is 107 cm³/mol. The Hall–Kier alpha value is -2.51. The molecule has 0 radical (unpaired) electrons. The van der Waals surface area contributed by atoms with Crippen molar-refractivity contribution < 1.29 is 14.4 Å². The molecule has 7 heteroatoms. The largest absolute Gasteiger partial charge is 0.343 e. The molecule has 0 aliphatic carbocycles. The van der Waals surface area contributed by atoms with Crippen LogP contribution in [0.2, 0.25) is 0 Å². The molecule has 0 spiro atoms. The molecule has 1 aliphatic heterocycles. The first-order valence-electron chi connectivity index (χ1n) is 7.75. The maximum Gasteiger partial charge on any atom is 0.343 e. The van der Waals surface area contributed by atoms with Crippen LogP contribution in [0, 0.1) is 0 Å². The zero-order chi connectivity index (χ0) is 18.7. The second kappa shape index (κ2) is 7.80. The minimum Gasteiger partial charge on any atom is -0.268 e. The van der Waals surface area contributed by atoms with E-state index in [0.29, 0.717) is 15.6 Å². The Kier molecular flexibility index (Phi) is 5.49. The summed E-state index contributed by atoms with van der Waals surface area (Å²) in [5.74, 6) is -1.20. The number of rotatable bonds is 4. The van der Waals surface area contributed by atoms with Gasteiger partial charge in [0.1, 0.15) is 5.57 Å². The number of anilines is 2. The fraction of sp³-hybridized carbons (Fsp3) is 0.105. The van der Waals surface area contributed by atoms with Gasteiger partial charge in [-0.05, 0) is 36.8 Å². The van der Waals surface area contributed by atoms with Gasteiger partial charge in [-0.1, -0.05) is 36.4 Å². The van der Waals surface area contributed by atoms with Crippen molar-refractivity contribution in [1.82, 2.24) is 0 Å². The molecule has 2 aromatic rings. The van der Waals surface area contributed by atoms with Crippen LogP contribution in [0.1, 0.15) is 0 Å². The third kappa shape index (κ3) is 3.15. The van der Waals surface area contributed by atoms with Crippen LogP contribution in [0.15, 0.2) is 70.5 Å². The van der Waals surface area contributed by atoms with Crippen LogP contribution in [-0.2, 0) is 9.59 Å². The lowest BCUT2D eigenvalue weighted by Crippen LogP contribution is -2.57. The van der Waals surface area contributed by atoms with E-state index in [-0.39, 0.29) is 5.57 Å². The second-order valence-corrected chi connectivity index (χ2v) is 7.20. The average molecular weight is 384 g/mol. The van der Waals surface area contributed by atoms with Gasteiger partial charge in [-0.15, -0.1) is 23.5 Å². The number of barbiturate groups is 1. The number of imide groups is 2. The fourth-order valence-corrected chi connectivity index (χ4v) is 4.08. The number of thioether (sulfide) groups is 2. The lowest BCUT2D eigenvalue weighted by atomic mass is 10.1. The van der Waals surface area contributed by atoms with Crippen LogP contribution in [0.25, 0.3) is 0 Å². The molecule has 0 bridgehead atoms. The van der Waals surface area contributed by atoms with Crippen molar-refractivity contribution in [3.63, 3.8) is 0 Å². The number of hydrogen-bond donors (Lipinski definition) is 0. The quantitative estimate of drug-likeness (QED) is 0.586. The number of nitrogens with zero attached hydrogens (tertiary/aromatic N) is 2. The highest BCUT2D eigenvalue weighted by atomic mass is 32.2. The first kappa shape index (κ1) is 18.3. The lowest BCUT2D eigenvalue weighted by Gasteiger charge is -2.34. The summed E-state index contributed by atoms with van der Waals surface area (Å²) in [6, 6.07) is 16.6. The molecule has 0 atom stereocenters. The zero-order valence-corrected chi connectivity index (χ0v) is 15.8. The molecule has 2 aromatic carbocycles. The summed E-state index contributed by atoms with van der Waals surface area (Å²) in [5.41, 5.74) is 0.863. The summed E-state index contributed by atoms with van der Waals surface area (Å²) < 4.78 is 0.578. The molecule has 26 heavy (non-hydrogen) atoms. The van der Waals surface area contributed by atoms with Gasteiger partial charge in [0.25, 0.3) is 11.8 Å². The number of carbonyl (C=O) groups excluding carboxylic acids is 3. The Morgan fingerprint density at radius 2 is 1.08 bits per heavy atom. The van der Waals surface area contributed by atoms with E-state index in [2.05, 4.69) is 0 Å². The standard InChI is InChI=1S/C19H16N2O3S2/c1-25-18(26-2)15-16(22)20(13-9-5-3-6-10-13)19(24)21(17(15)23)14-11-7-4-8-12-14/h3-12H,1-2H3. The number of urea groups is 1. The summed E-state index contributed by atoms with van der Waals surface area (Å²) in [6.45, 7) is 0. The van der Waals surface area contributed by atoms with E-state index in [4.69, 9.17) is 0 Å². The monoisotopic (exact) mass is 384 g/mol. The predicted octanol–water partition coefficient (Wildman–Crippen LogP) is 4.12. The van der Waals surface area contributed by atoms with E-state index < -0.39 is 17.8 Å². The first-order valence-corrected chi connectivity index (χ1v) is 10.2. The van der Waals surface area contributed by atoms with E-state index in [9.17, 15) is 14.4 Å². The maximum atomic E-state index is 13.1. The SMILES string of the molecule is CSC(SC)=C1C(=O)N(c2ccccc2)C(=O)N(c2ccccc2)C1=O. The molecule has 1 saturated heterocycles. The van der Waals surface area contributed by atoms with E-state index >= 15 is 0 Å². The molecule has 5 nitrogen and oxygen atoms in total. The van der Waals surface area contributed by atoms with Crippen LogP contribution in [0.4, 0.5) is 16.2 Å². The molecule has 1 aliphatic rings. The highest BCUT2D eigenvalue weighted by molar-refractivity contribution is 8.21. The van der Waals surface area contributed by atoms with Gasteiger partial charge in [0, 0.05) is 0 Å². The van der Waals surface area contributed by atoms with Crippen LogP contribution >= 0.6 is 23.5 Å². The van der Waals surface area contributed by atoms with Crippen molar-refractivity contribution in [3.8, 4) is 0 Å². The number of hydrogen-bond acceptors (Lipinski definition) is 5. The first-order chi connectivity index (χ1) is 12.6. The molecular weight excluding hydrogens is 368 g/mol. The van der Waals surface area contributed by atoms with E-state index in [1.54, 1.807) is 73.2 Å². The number of amides is 4. The van der Waals surface area contributed by atoms with Crippen molar-refractivity contribution in [2.45, 2.75) is 0 Å². The van der Waals surface area contributed by atoms with Crippen LogP contribution in [0.3, 0.4) is 0 Å². The van der Waals surface area contributed by atoms with Gasteiger partial charge in [0.15, 0.2) is 0 Å². The summed E-state index contributed by atoms with van der Waals surface area (Å²) in [7, 11) is 0. The van der Waals surface area contributed by atoms with Crippen molar-refractivity contribution in [3.05, 3.63) is 70.5 Å². The summed E-state index contributed by atoms with van der Waals surface area (Å²) >= 11 is 2.63. The van der Waals surface area contributed by atoms with Gasteiger partial charge in [0.2, 0.25) is 0 Å². The third-order valence-electron chi connectivity index (χ3n) is 3.82. The van der Waals surface area contributed by atoms with Crippen LogP contribution < -0.4 is 9.80 Å². The highest BCUT2D eigenvalue weighted by Gasteiger charge is 2.45. The average Bonchev–Trinajstić information content (AvgIpc) is 2.67. The van der Waals surface area contributed by atoms with Crippen molar-refractivity contribution in [2.75, 3.05) is 22.3 Å². The topological polar surface area (TPSA) is 57.7 Å².